The smallest absolute Gasteiger partial charge is 0.123 e. The first-order valence-electron chi connectivity index (χ1n) is 5.32. The van der Waals surface area contributed by atoms with Crippen LogP contribution in [0.5, 0.6) is 0 Å². The lowest BCUT2D eigenvalue weighted by Gasteiger charge is -2.08. The Hall–Kier alpha value is -1.39. The summed E-state index contributed by atoms with van der Waals surface area (Å²) in [6, 6.07) is 4.57. The molecule has 2 rings (SSSR count). The van der Waals surface area contributed by atoms with E-state index in [4.69, 9.17) is 17.3 Å². The van der Waals surface area contributed by atoms with E-state index in [9.17, 15) is 4.39 Å². The zero-order chi connectivity index (χ0) is 12.4. The quantitative estimate of drug-likeness (QED) is 0.913. The average Bonchev–Trinajstić information content (AvgIpc) is 2.60. The maximum atomic E-state index is 13.2. The molecule has 0 unspecified atom stereocenters. The second kappa shape index (κ2) is 4.85. The highest BCUT2D eigenvalue weighted by Gasteiger charge is 2.09. The lowest BCUT2D eigenvalue weighted by atomic mass is 10.1. The van der Waals surface area contributed by atoms with Crippen molar-refractivity contribution in [2.75, 3.05) is 6.54 Å². The summed E-state index contributed by atoms with van der Waals surface area (Å²) in [5, 5.41) is 4.87. The Kier molecular flexibility index (Phi) is 3.45. The van der Waals surface area contributed by atoms with E-state index in [1.54, 1.807) is 16.9 Å². The van der Waals surface area contributed by atoms with Crippen LogP contribution < -0.4 is 5.73 Å². The van der Waals surface area contributed by atoms with Gasteiger partial charge in [0.25, 0.3) is 0 Å². The van der Waals surface area contributed by atoms with Crippen LogP contribution >= 0.6 is 11.6 Å². The number of hydrogen-bond acceptors (Lipinski definition) is 2. The Morgan fingerprint density at radius 2 is 2.24 bits per heavy atom. The van der Waals surface area contributed by atoms with E-state index in [0.717, 1.165) is 16.9 Å². The van der Waals surface area contributed by atoms with Gasteiger partial charge in [-0.3, -0.25) is 0 Å². The highest BCUT2D eigenvalue weighted by Crippen LogP contribution is 2.20. The summed E-state index contributed by atoms with van der Waals surface area (Å²) in [4.78, 5) is 0. The van der Waals surface area contributed by atoms with Crippen LogP contribution in [0.4, 0.5) is 4.39 Å². The highest BCUT2D eigenvalue weighted by molar-refractivity contribution is 6.31. The van der Waals surface area contributed by atoms with Crippen LogP contribution in [0.15, 0.2) is 24.4 Å². The van der Waals surface area contributed by atoms with Crippen molar-refractivity contribution < 1.29 is 4.39 Å². The summed E-state index contributed by atoms with van der Waals surface area (Å²) in [7, 11) is 0. The van der Waals surface area contributed by atoms with Gasteiger partial charge in [-0.2, -0.15) is 5.10 Å². The van der Waals surface area contributed by atoms with Crippen molar-refractivity contribution in [3.63, 3.8) is 0 Å². The van der Waals surface area contributed by atoms with Crippen LogP contribution in [-0.4, -0.2) is 16.3 Å². The van der Waals surface area contributed by atoms with Gasteiger partial charge in [0.2, 0.25) is 0 Å². The molecule has 0 radical (unpaired) electrons. The van der Waals surface area contributed by atoms with E-state index >= 15 is 0 Å². The monoisotopic (exact) mass is 253 g/mol. The molecule has 90 valence electrons. The molecule has 1 aromatic carbocycles. The molecule has 0 fully saturated rings. The maximum absolute atomic E-state index is 13.2. The van der Waals surface area contributed by atoms with E-state index < -0.39 is 0 Å². The van der Waals surface area contributed by atoms with E-state index in [-0.39, 0.29) is 5.82 Å². The Morgan fingerprint density at radius 3 is 2.82 bits per heavy atom. The van der Waals surface area contributed by atoms with Crippen LogP contribution in [0.1, 0.15) is 11.3 Å². The lowest BCUT2D eigenvalue weighted by molar-refractivity contribution is 0.624. The van der Waals surface area contributed by atoms with Gasteiger partial charge in [0.15, 0.2) is 0 Å². The van der Waals surface area contributed by atoms with Gasteiger partial charge in [-0.1, -0.05) is 11.6 Å². The fourth-order valence-electron chi connectivity index (χ4n) is 1.70. The molecule has 17 heavy (non-hydrogen) atoms. The number of aromatic nitrogens is 2. The zero-order valence-corrected chi connectivity index (χ0v) is 10.2. The lowest BCUT2D eigenvalue weighted by Crippen LogP contribution is -2.07. The molecule has 0 bridgehead atoms. The van der Waals surface area contributed by atoms with Crippen molar-refractivity contribution in [1.82, 2.24) is 9.78 Å². The molecule has 5 heteroatoms. The molecule has 0 amide bonds. The predicted molar refractivity (Wildman–Crippen MR) is 66.0 cm³/mol. The van der Waals surface area contributed by atoms with Crippen molar-refractivity contribution in [2.24, 2.45) is 5.73 Å². The van der Waals surface area contributed by atoms with E-state index in [1.807, 2.05) is 6.92 Å². The fourth-order valence-corrected chi connectivity index (χ4v) is 1.83. The minimum absolute atomic E-state index is 0.271. The van der Waals surface area contributed by atoms with Gasteiger partial charge in [-0.25, -0.2) is 9.07 Å². The van der Waals surface area contributed by atoms with Gasteiger partial charge in [0, 0.05) is 6.20 Å². The van der Waals surface area contributed by atoms with Crippen molar-refractivity contribution in [2.45, 2.75) is 13.3 Å². The highest BCUT2D eigenvalue weighted by atomic mass is 35.5. The maximum Gasteiger partial charge on any atom is 0.123 e. The Bertz CT molecular complexity index is 517. The van der Waals surface area contributed by atoms with Gasteiger partial charge >= 0.3 is 0 Å². The van der Waals surface area contributed by atoms with Gasteiger partial charge in [0.1, 0.15) is 5.82 Å². The van der Waals surface area contributed by atoms with E-state index in [1.165, 1.54) is 12.1 Å². The molecule has 0 atom stereocenters. The number of nitrogens with zero attached hydrogens (tertiary/aromatic N) is 2. The fraction of sp³-hybridized carbons (Fsp3) is 0.250. The summed E-state index contributed by atoms with van der Waals surface area (Å²) < 4.78 is 14.8. The number of hydrogen-bond donors (Lipinski definition) is 1. The molecular formula is C12H13ClFN3. The van der Waals surface area contributed by atoms with Gasteiger partial charge in [0.05, 0.1) is 16.4 Å². The first-order valence-corrected chi connectivity index (χ1v) is 5.70. The molecule has 0 aliphatic heterocycles. The number of benzene rings is 1. The Balaban J connectivity index is 2.50. The first-order chi connectivity index (χ1) is 8.11. The van der Waals surface area contributed by atoms with Gasteiger partial charge in [-0.15, -0.1) is 0 Å². The summed E-state index contributed by atoms with van der Waals surface area (Å²) in [5.41, 5.74) is 7.90. The number of nitrogens with two attached hydrogens (primary N) is 1. The third-order valence-corrected chi connectivity index (χ3v) is 2.91. The third kappa shape index (κ3) is 2.48. The molecule has 0 saturated heterocycles. The van der Waals surface area contributed by atoms with Crippen LogP contribution in [0.3, 0.4) is 0 Å². The molecule has 0 aliphatic rings. The molecule has 0 saturated carbocycles. The third-order valence-electron chi connectivity index (χ3n) is 2.54. The zero-order valence-electron chi connectivity index (χ0n) is 9.45. The molecule has 3 nitrogen and oxygen atoms in total. The van der Waals surface area contributed by atoms with E-state index in [0.29, 0.717) is 18.0 Å². The second-order valence-corrected chi connectivity index (χ2v) is 4.23. The molecule has 2 N–H and O–H groups in total. The minimum Gasteiger partial charge on any atom is -0.330 e. The van der Waals surface area contributed by atoms with Crippen molar-refractivity contribution in [1.29, 1.82) is 0 Å². The number of rotatable bonds is 3. The summed E-state index contributed by atoms with van der Waals surface area (Å²) in [5.74, 6) is -0.271. The second-order valence-electron chi connectivity index (χ2n) is 3.82. The van der Waals surface area contributed by atoms with Crippen molar-refractivity contribution >= 4 is 11.6 Å². The molecule has 0 aliphatic carbocycles. The van der Waals surface area contributed by atoms with Gasteiger partial charge in [-0.05, 0) is 43.7 Å². The SMILES string of the molecule is Cc1nn(-c2ccc(F)cc2CCN)cc1Cl. The Morgan fingerprint density at radius 1 is 1.47 bits per heavy atom. The number of halogens is 2. The number of aryl methyl sites for hydroxylation is 1. The molecule has 0 spiro atoms. The Labute approximate surface area is 104 Å². The molecule has 2 aromatic rings. The van der Waals surface area contributed by atoms with E-state index in [2.05, 4.69) is 5.10 Å². The van der Waals surface area contributed by atoms with Crippen LogP contribution in [0.25, 0.3) is 5.69 Å². The van der Waals surface area contributed by atoms with Crippen LogP contribution in [0.2, 0.25) is 5.02 Å². The minimum atomic E-state index is -0.271. The summed E-state index contributed by atoms with van der Waals surface area (Å²) >= 11 is 5.96. The summed E-state index contributed by atoms with van der Waals surface area (Å²) in [6.07, 6.45) is 2.31. The van der Waals surface area contributed by atoms with Crippen molar-refractivity contribution in [3.05, 3.63) is 46.5 Å². The standard InChI is InChI=1S/C12H13ClFN3/c1-8-11(13)7-17(16-8)12-3-2-10(14)6-9(12)4-5-15/h2-3,6-7H,4-5,15H2,1H3. The summed E-state index contributed by atoms with van der Waals surface area (Å²) in [6.45, 7) is 2.29. The predicted octanol–water partition coefficient (Wildman–Crippen LogP) is 2.47. The first kappa shape index (κ1) is 12.1. The molecule has 1 aromatic heterocycles. The van der Waals surface area contributed by atoms with Crippen LogP contribution in [-0.2, 0) is 6.42 Å². The largest absolute Gasteiger partial charge is 0.330 e. The topological polar surface area (TPSA) is 43.8 Å². The van der Waals surface area contributed by atoms with Crippen LogP contribution in [0, 0.1) is 12.7 Å². The normalized spacial score (nSPS) is 10.8. The van der Waals surface area contributed by atoms with Crippen molar-refractivity contribution in [3.8, 4) is 5.69 Å². The average molecular weight is 254 g/mol. The molecular weight excluding hydrogens is 241 g/mol. The molecule has 1 heterocycles. The van der Waals surface area contributed by atoms with Gasteiger partial charge < -0.3 is 5.73 Å².